The molecule has 0 aliphatic heterocycles. The first-order chi connectivity index (χ1) is 15.9. The number of nitrogens with zero attached hydrogens (tertiary/aromatic N) is 3. The Labute approximate surface area is 194 Å². The molecule has 2 aliphatic carbocycles. The van der Waals surface area contributed by atoms with Crippen LogP contribution in [-0.2, 0) is 9.59 Å². The zero-order valence-electron chi connectivity index (χ0n) is 18.8. The normalized spacial score (nSPS) is 25.9. The lowest BCUT2D eigenvalue weighted by molar-refractivity contribution is -0.385. The van der Waals surface area contributed by atoms with Crippen LogP contribution in [0.4, 0.5) is 22.7 Å². The number of Topliss-reactive ketones (excluding diaryl/α,β-unsaturated/α-hetero) is 1. The number of carbonyl (C=O) groups is 2. The highest BCUT2D eigenvalue weighted by Crippen LogP contribution is 2.69. The van der Waals surface area contributed by atoms with Gasteiger partial charge in [-0.1, -0.05) is 26.8 Å². The number of benzene rings is 2. The fraction of sp³-hybridized carbons (Fsp3) is 0.348. The van der Waals surface area contributed by atoms with Gasteiger partial charge in [0, 0.05) is 35.4 Å². The Balaban J connectivity index is 1.65. The highest BCUT2D eigenvalue weighted by atomic mass is 16.6. The molecular formula is C23H23N5O6. The molecule has 0 saturated heterocycles. The fourth-order valence-electron chi connectivity index (χ4n) is 5.19. The van der Waals surface area contributed by atoms with Gasteiger partial charge in [0.15, 0.2) is 5.78 Å². The summed E-state index contributed by atoms with van der Waals surface area (Å²) < 4.78 is 0. The lowest BCUT2D eigenvalue weighted by Gasteiger charge is -2.37. The first-order valence-electron chi connectivity index (χ1n) is 10.6. The Morgan fingerprint density at radius 3 is 2.21 bits per heavy atom. The van der Waals surface area contributed by atoms with Crippen LogP contribution in [0.2, 0.25) is 0 Å². The van der Waals surface area contributed by atoms with Crippen molar-refractivity contribution in [2.75, 3.05) is 10.7 Å². The van der Waals surface area contributed by atoms with Gasteiger partial charge in [-0.25, -0.2) is 0 Å². The Morgan fingerprint density at radius 2 is 1.59 bits per heavy atom. The van der Waals surface area contributed by atoms with Crippen LogP contribution in [0.25, 0.3) is 0 Å². The van der Waals surface area contributed by atoms with E-state index >= 15 is 0 Å². The molecule has 2 saturated carbocycles. The van der Waals surface area contributed by atoms with Crippen molar-refractivity contribution in [2.24, 2.45) is 21.3 Å². The van der Waals surface area contributed by atoms with E-state index in [2.05, 4.69) is 15.8 Å². The van der Waals surface area contributed by atoms with Crippen LogP contribution in [0.1, 0.15) is 33.6 Å². The number of hydrogen-bond donors (Lipinski definition) is 2. The number of amides is 1. The van der Waals surface area contributed by atoms with E-state index in [0.29, 0.717) is 18.5 Å². The molecule has 2 aromatic rings. The van der Waals surface area contributed by atoms with Crippen molar-refractivity contribution in [1.29, 1.82) is 0 Å². The number of ketones is 1. The molecule has 2 bridgehead atoms. The van der Waals surface area contributed by atoms with Gasteiger partial charge in [0.05, 0.1) is 15.5 Å². The van der Waals surface area contributed by atoms with Gasteiger partial charge in [0.25, 0.3) is 11.4 Å². The zero-order valence-corrected chi connectivity index (χ0v) is 18.8. The predicted molar refractivity (Wildman–Crippen MR) is 124 cm³/mol. The molecule has 0 radical (unpaired) electrons. The maximum absolute atomic E-state index is 13.7. The molecule has 176 valence electrons. The number of hydrazone groups is 1. The average Bonchev–Trinajstić information content (AvgIpc) is 3.07. The summed E-state index contributed by atoms with van der Waals surface area (Å²) in [4.78, 5) is 48.0. The standard InChI is InChI=1S/C23H23N5O6/c1-21(2)22(3)11-12-23(21,20(30)24-15-5-4-6-17(13-15)28(33)34)19(29)18(22)26-25-14-7-9-16(10-8-14)27(31)32/h4-10,13,25H,11-12H2,1-3H3,(H,24,30)/b26-18+. The maximum atomic E-state index is 13.7. The lowest BCUT2D eigenvalue weighted by atomic mass is 9.64. The van der Waals surface area contributed by atoms with Crippen molar-refractivity contribution in [3.8, 4) is 0 Å². The van der Waals surface area contributed by atoms with Gasteiger partial charge in [0.2, 0.25) is 5.91 Å². The molecule has 2 aromatic carbocycles. The van der Waals surface area contributed by atoms with Crippen LogP contribution in [0.5, 0.6) is 0 Å². The van der Waals surface area contributed by atoms with Crippen LogP contribution in [0.15, 0.2) is 53.6 Å². The molecule has 0 spiro atoms. The summed E-state index contributed by atoms with van der Waals surface area (Å²) in [6.07, 6.45) is 0.877. The number of rotatable bonds is 6. The number of anilines is 2. The quantitative estimate of drug-likeness (QED) is 0.366. The molecule has 4 rings (SSSR count). The van der Waals surface area contributed by atoms with E-state index in [0.717, 1.165) is 0 Å². The summed E-state index contributed by atoms with van der Waals surface area (Å²) >= 11 is 0. The lowest BCUT2D eigenvalue weighted by Crippen LogP contribution is -2.47. The van der Waals surface area contributed by atoms with Crippen LogP contribution in [0, 0.1) is 36.5 Å². The van der Waals surface area contributed by atoms with Gasteiger partial charge in [0.1, 0.15) is 11.1 Å². The van der Waals surface area contributed by atoms with E-state index in [4.69, 9.17) is 0 Å². The summed E-state index contributed by atoms with van der Waals surface area (Å²) in [5.41, 5.74) is 0.625. The number of nitrogens with one attached hydrogen (secondary N) is 2. The number of fused-ring (bicyclic) bond motifs is 2. The molecule has 2 N–H and O–H groups in total. The second-order valence-corrected chi connectivity index (χ2v) is 9.33. The average molecular weight is 465 g/mol. The van der Waals surface area contributed by atoms with Crippen molar-refractivity contribution >= 4 is 40.2 Å². The Kier molecular flexibility index (Phi) is 5.23. The summed E-state index contributed by atoms with van der Waals surface area (Å²) in [6.45, 7) is 5.62. The zero-order chi connectivity index (χ0) is 24.9. The predicted octanol–water partition coefficient (Wildman–Crippen LogP) is 4.31. The summed E-state index contributed by atoms with van der Waals surface area (Å²) in [7, 11) is 0. The van der Waals surface area contributed by atoms with Gasteiger partial charge in [-0.05, 0) is 36.5 Å². The van der Waals surface area contributed by atoms with Crippen LogP contribution in [-0.4, -0.2) is 27.2 Å². The SMILES string of the molecule is CC12CCC(C(=O)Nc3cccc([N+](=O)[O-])c3)(C(=O)/C1=N\Nc1ccc([N+](=O)[O-])cc1)C2(C)C. The second kappa shape index (κ2) is 7.72. The minimum atomic E-state index is -1.39. The van der Waals surface area contributed by atoms with Crippen LogP contribution in [0.3, 0.4) is 0 Å². The first kappa shape index (κ1) is 23.0. The van der Waals surface area contributed by atoms with Crippen LogP contribution >= 0.6 is 0 Å². The molecular weight excluding hydrogens is 442 g/mol. The first-order valence-corrected chi connectivity index (χ1v) is 10.6. The largest absolute Gasteiger partial charge is 0.325 e. The van der Waals surface area contributed by atoms with Crippen LogP contribution < -0.4 is 10.7 Å². The molecule has 2 atom stereocenters. The highest BCUT2D eigenvalue weighted by molar-refractivity contribution is 6.51. The maximum Gasteiger partial charge on any atom is 0.271 e. The second-order valence-electron chi connectivity index (χ2n) is 9.33. The number of carbonyl (C=O) groups excluding carboxylic acids is 2. The third kappa shape index (κ3) is 3.15. The number of nitro benzene ring substituents is 2. The van der Waals surface area contributed by atoms with Gasteiger partial charge in [-0.15, -0.1) is 0 Å². The molecule has 11 nitrogen and oxygen atoms in total. The molecule has 34 heavy (non-hydrogen) atoms. The van der Waals surface area contributed by atoms with Crippen molar-refractivity contribution < 1.29 is 19.4 Å². The van der Waals surface area contributed by atoms with Crippen molar-refractivity contribution in [1.82, 2.24) is 0 Å². The minimum absolute atomic E-state index is 0.0703. The van der Waals surface area contributed by atoms with E-state index in [9.17, 15) is 29.8 Å². The van der Waals surface area contributed by atoms with E-state index < -0.39 is 37.8 Å². The van der Waals surface area contributed by atoms with Crippen molar-refractivity contribution in [2.45, 2.75) is 33.6 Å². The molecule has 2 unspecified atom stereocenters. The molecule has 0 heterocycles. The Morgan fingerprint density at radius 1 is 0.941 bits per heavy atom. The van der Waals surface area contributed by atoms with Gasteiger partial charge in [-0.3, -0.25) is 35.2 Å². The molecule has 11 heteroatoms. The number of hydrogen-bond acceptors (Lipinski definition) is 8. The molecule has 0 aromatic heterocycles. The summed E-state index contributed by atoms with van der Waals surface area (Å²) in [6, 6.07) is 11.2. The highest BCUT2D eigenvalue weighted by Gasteiger charge is 2.76. The molecule has 2 aliphatic rings. The third-order valence-electron chi connectivity index (χ3n) is 7.65. The molecule has 1 amide bonds. The number of non-ortho nitro benzene ring substituents is 2. The third-order valence-corrected chi connectivity index (χ3v) is 7.65. The van der Waals surface area contributed by atoms with Gasteiger partial charge < -0.3 is 5.32 Å². The summed E-state index contributed by atoms with van der Waals surface area (Å²) in [5, 5.41) is 29.0. The smallest absolute Gasteiger partial charge is 0.271 e. The van der Waals surface area contributed by atoms with Gasteiger partial charge >= 0.3 is 0 Å². The number of nitro groups is 2. The van der Waals surface area contributed by atoms with E-state index in [1.807, 2.05) is 20.8 Å². The van der Waals surface area contributed by atoms with Crippen molar-refractivity contribution in [3.05, 3.63) is 68.8 Å². The van der Waals surface area contributed by atoms with Gasteiger partial charge in [-0.2, -0.15) is 5.10 Å². The monoisotopic (exact) mass is 465 g/mol. The minimum Gasteiger partial charge on any atom is -0.325 e. The Bertz CT molecular complexity index is 1250. The Hall–Kier alpha value is -4.15. The fourth-order valence-corrected chi connectivity index (χ4v) is 5.19. The van der Waals surface area contributed by atoms with E-state index in [-0.39, 0.29) is 22.8 Å². The molecule has 2 fully saturated rings. The topological polar surface area (TPSA) is 157 Å². The van der Waals surface area contributed by atoms with E-state index in [1.54, 1.807) is 0 Å². The summed E-state index contributed by atoms with van der Waals surface area (Å²) in [5.74, 6) is -0.921. The van der Waals surface area contributed by atoms with Crippen molar-refractivity contribution in [3.63, 3.8) is 0 Å². The van der Waals surface area contributed by atoms with E-state index in [1.165, 1.54) is 48.5 Å².